The molecule has 0 N–H and O–H groups in total. The van der Waals surface area contributed by atoms with Crippen LogP contribution in [0.15, 0.2) is 12.7 Å². The molecule has 0 radical (unpaired) electrons. The molecule has 1 aliphatic carbocycles. The zero-order valence-electron chi connectivity index (χ0n) is 8.45. The molecule has 2 nitrogen and oxygen atoms in total. The molecule has 3 atom stereocenters. The molecule has 0 spiro atoms. The second kappa shape index (κ2) is 4.56. The zero-order valence-corrected chi connectivity index (χ0v) is 8.45. The van der Waals surface area contributed by atoms with Crippen LogP contribution in [0.5, 0.6) is 0 Å². The van der Waals surface area contributed by atoms with Crippen molar-refractivity contribution < 1.29 is 9.53 Å². The minimum Gasteiger partial charge on any atom is -0.370 e. The second-order valence-electron chi connectivity index (χ2n) is 3.70. The van der Waals surface area contributed by atoms with Gasteiger partial charge in [-0.05, 0) is 25.7 Å². The fraction of sp³-hybridized carbons (Fsp3) is 0.727. The molecule has 0 aromatic rings. The maximum absolute atomic E-state index is 11.6. The maximum atomic E-state index is 11.6. The average Bonchev–Trinajstić information content (AvgIpc) is 2.34. The van der Waals surface area contributed by atoms with E-state index in [1.807, 2.05) is 19.9 Å². The minimum absolute atomic E-state index is 0.168. The molecule has 74 valence electrons. The van der Waals surface area contributed by atoms with E-state index in [1.54, 1.807) is 0 Å². The van der Waals surface area contributed by atoms with Gasteiger partial charge in [-0.1, -0.05) is 13.0 Å². The van der Waals surface area contributed by atoms with E-state index in [9.17, 15) is 4.79 Å². The number of hydrogen-bond acceptors (Lipinski definition) is 2. The Hall–Kier alpha value is -0.630. The van der Waals surface area contributed by atoms with Crippen LogP contribution in [-0.2, 0) is 9.53 Å². The van der Waals surface area contributed by atoms with E-state index >= 15 is 0 Å². The summed E-state index contributed by atoms with van der Waals surface area (Å²) < 4.78 is 5.45. The van der Waals surface area contributed by atoms with Crippen molar-refractivity contribution in [2.24, 2.45) is 11.8 Å². The van der Waals surface area contributed by atoms with E-state index in [2.05, 4.69) is 6.58 Å². The first-order valence-corrected chi connectivity index (χ1v) is 4.96. The van der Waals surface area contributed by atoms with Gasteiger partial charge in [0.2, 0.25) is 0 Å². The number of carbonyl (C=O) groups excluding carboxylic acids is 1. The summed E-state index contributed by atoms with van der Waals surface area (Å²) in [5.74, 6) is 0.801. The average molecular weight is 182 g/mol. The third-order valence-corrected chi connectivity index (χ3v) is 2.67. The lowest BCUT2D eigenvalue weighted by Gasteiger charge is -2.15. The van der Waals surface area contributed by atoms with E-state index in [1.165, 1.54) is 0 Å². The van der Waals surface area contributed by atoms with Crippen LogP contribution in [0.4, 0.5) is 0 Å². The summed E-state index contributed by atoms with van der Waals surface area (Å²) in [6.07, 6.45) is 3.55. The highest BCUT2D eigenvalue weighted by atomic mass is 16.5. The van der Waals surface area contributed by atoms with Gasteiger partial charge in [-0.3, -0.25) is 4.79 Å². The summed E-state index contributed by atoms with van der Waals surface area (Å²) in [6, 6.07) is 0. The molecule has 1 rings (SSSR count). The van der Waals surface area contributed by atoms with Crippen molar-refractivity contribution in [2.75, 3.05) is 6.61 Å². The molecule has 0 heterocycles. The molecular weight excluding hydrogens is 164 g/mol. The summed E-state index contributed by atoms with van der Waals surface area (Å²) in [5, 5.41) is 0. The standard InChI is InChI=1S/C11H18O2/c1-4-6-9-7-8(3)10(12)11(9)13-5-2/h4,8-9,11H,1,5-7H2,2-3H3/t8?,9-,11?/m1/s1. The molecule has 1 saturated carbocycles. The van der Waals surface area contributed by atoms with Gasteiger partial charge in [0.15, 0.2) is 5.78 Å². The van der Waals surface area contributed by atoms with Gasteiger partial charge in [0, 0.05) is 12.5 Å². The molecule has 1 aliphatic rings. The molecule has 0 aromatic carbocycles. The monoisotopic (exact) mass is 182 g/mol. The fourth-order valence-corrected chi connectivity index (χ4v) is 2.04. The normalized spacial score (nSPS) is 33.7. The Bertz CT molecular complexity index is 198. The quantitative estimate of drug-likeness (QED) is 0.623. The number of hydrogen-bond donors (Lipinski definition) is 0. The van der Waals surface area contributed by atoms with Crippen LogP contribution in [-0.4, -0.2) is 18.5 Å². The zero-order chi connectivity index (χ0) is 9.84. The van der Waals surface area contributed by atoms with Crippen molar-refractivity contribution in [3.63, 3.8) is 0 Å². The van der Waals surface area contributed by atoms with E-state index in [-0.39, 0.29) is 17.8 Å². The molecule has 2 heteroatoms. The highest BCUT2D eigenvalue weighted by molar-refractivity contribution is 5.87. The van der Waals surface area contributed by atoms with Crippen LogP contribution < -0.4 is 0 Å². The summed E-state index contributed by atoms with van der Waals surface area (Å²) in [4.78, 5) is 11.6. The summed E-state index contributed by atoms with van der Waals surface area (Å²) in [6.45, 7) is 8.24. The van der Waals surface area contributed by atoms with Crippen molar-refractivity contribution in [2.45, 2.75) is 32.8 Å². The first-order valence-electron chi connectivity index (χ1n) is 4.96. The summed E-state index contributed by atoms with van der Waals surface area (Å²) >= 11 is 0. The van der Waals surface area contributed by atoms with Crippen molar-refractivity contribution in [3.8, 4) is 0 Å². The molecule has 13 heavy (non-hydrogen) atoms. The van der Waals surface area contributed by atoms with Crippen molar-refractivity contribution >= 4 is 5.78 Å². The predicted molar refractivity (Wildman–Crippen MR) is 52.5 cm³/mol. The summed E-state index contributed by atoms with van der Waals surface area (Å²) in [7, 11) is 0. The fourth-order valence-electron chi connectivity index (χ4n) is 2.04. The Morgan fingerprint density at radius 3 is 2.92 bits per heavy atom. The van der Waals surface area contributed by atoms with Crippen LogP contribution in [0, 0.1) is 11.8 Å². The van der Waals surface area contributed by atoms with Gasteiger partial charge in [0.25, 0.3) is 0 Å². The molecule has 0 aromatic heterocycles. The van der Waals surface area contributed by atoms with Crippen LogP contribution in [0.3, 0.4) is 0 Å². The smallest absolute Gasteiger partial charge is 0.164 e. The van der Waals surface area contributed by atoms with E-state index in [4.69, 9.17) is 4.74 Å². The predicted octanol–water partition coefficient (Wildman–Crippen LogP) is 2.19. The number of allylic oxidation sites excluding steroid dienone is 1. The Balaban J connectivity index is 2.62. The third-order valence-electron chi connectivity index (χ3n) is 2.67. The van der Waals surface area contributed by atoms with Gasteiger partial charge in [0.1, 0.15) is 6.10 Å². The van der Waals surface area contributed by atoms with Crippen LogP contribution in [0.25, 0.3) is 0 Å². The van der Waals surface area contributed by atoms with E-state index < -0.39 is 0 Å². The Labute approximate surface area is 80.0 Å². The van der Waals surface area contributed by atoms with Crippen molar-refractivity contribution in [1.29, 1.82) is 0 Å². The number of Topliss-reactive ketones (excluding diaryl/α,β-unsaturated/α-hetero) is 1. The lowest BCUT2D eigenvalue weighted by molar-refractivity contribution is -0.131. The lowest BCUT2D eigenvalue weighted by Crippen LogP contribution is -2.26. The molecular formula is C11H18O2. The van der Waals surface area contributed by atoms with Crippen LogP contribution in [0.1, 0.15) is 26.7 Å². The lowest BCUT2D eigenvalue weighted by atomic mass is 10.0. The molecule has 1 fully saturated rings. The molecule has 0 aliphatic heterocycles. The first-order chi connectivity index (χ1) is 6.20. The number of carbonyl (C=O) groups is 1. The van der Waals surface area contributed by atoms with Gasteiger partial charge in [-0.15, -0.1) is 6.58 Å². The highest BCUT2D eigenvalue weighted by Crippen LogP contribution is 2.32. The Morgan fingerprint density at radius 1 is 1.69 bits per heavy atom. The first kappa shape index (κ1) is 10.5. The van der Waals surface area contributed by atoms with Gasteiger partial charge >= 0.3 is 0 Å². The third kappa shape index (κ3) is 2.19. The second-order valence-corrected chi connectivity index (χ2v) is 3.70. The van der Waals surface area contributed by atoms with Gasteiger partial charge in [0.05, 0.1) is 0 Å². The Morgan fingerprint density at radius 2 is 2.38 bits per heavy atom. The Kier molecular flexibility index (Phi) is 3.67. The molecule has 0 bridgehead atoms. The van der Waals surface area contributed by atoms with Gasteiger partial charge in [-0.2, -0.15) is 0 Å². The highest BCUT2D eigenvalue weighted by Gasteiger charge is 2.39. The van der Waals surface area contributed by atoms with Crippen molar-refractivity contribution in [3.05, 3.63) is 12.7 Å². The topological polar surface area (TPSA) is 26.3 Å². The van der Waals surface area contributed by atoms with E-state index in [0.29, 0.717) is 12.5 Å². The maximum Gasteiger partial charge on any atom is 0.164 e. The van der Waals surface area contributed by atoms with Crippen molar-refractivity contribution in [1.82, 2.24) is 0 Å². The van der Waals surface area contributed by atoms with Crippen LogP contribution >= 0.6 is 0 Å². The largest absolute Gasteiger partial charge is 0.370 e. The molecule has 0 amide bonds. The number of rotatable bonds is 4. The van der Waals surface area contributed by atoms with Crippen LogP contribution in [0.2, 0.25) is 0 Å². The molecule has 2 unspecified atom stereocenters. The summed E-state index contributed by atoms with van der Waals surface area (Å²) in [5.41, 5.74) is 0. The SMILES string of the molecule is C=CC[C@@H]1CC(C)C(=O)C1OCC. The molecule has 0 saturated heterocycles. The number of ether oxygens (including phenoxy) is 1. The number of ketones is 1. The van der Waals surface area contributed by atoms with Gasteiger partial charge < -0.3 is 4.74 Å². The minimum atomic E-state index is -0.169. The van der Waals surface area contributed by atoms with Gasteiger partial charge in [-0.25, -0.2) is 0 Å². The van der Waals surface area contributed by atoms with E-state index in [0.717, 1.165) is 12.8 Å².